The lowest BCUT2D eigenvalue weighted by Gasteiger charge is -2.37. The summed E-state index contributed by atoms with van der Waals surface area (Å²) >= 11 is 0. The first-order chi connectivity index (χ1) is 13.7. The van der Waals surface area contributed by atoms with Crippen LogP contribution in [-0.4, -0.2) is 47.4 Å². The maximum Gasteiger partial charge on any atom is 0.237 e. The Balaban J connectivity index is 1.35. The zero-order valence-corrected chi connectivity index (χ0v) is 16.4. The molecule has 1 atom stereocenters. The minimum atomic E-state index is -0.348. The van der Waals surface area contributed by atoms with Crippen LogP contribution in [-0.2, 0) is 16.1 Å². The van der Waals surface area contributed by atoms with E-state index in [0.29, 0.717) is 19.0 Å². The first-order valence-corrected chi connectivity index (χ1v) is 10.5. The van der Waals surface area contributed by atoms with E-state index < -0.39 is 0 Å². The molecule has 1 aliphatic carbocycles. The molecule has 1 saturated heterocycles. The van der Waals surface area contributed by atoms with E-state index in [1.165, 1.54) is 32.1 Å². The van der Waals surface area contributed by atoms with Crippen LogP contribution in [0.1, 0.15) is 44.1 Å². The first kappa shape index (κ1) is 19.0. The van der Waals surface area contributed by atoms with Gasteiger partial charge < -0.3 is 15.6 Å². The molecule has 2 aliphatic rings. The van der Waals surface area contributed by atoms with Crippen molar-refractivity contribution in [3.8, 4) is 0 Å². The number of carbonyl (C=O) groups is 2. The zero-order valence-electron chi connectivity index (χ0n) is 16.4. The third-order valence-corrected chi connectivity index (χ3v) is 6.20. The molecule has 1 saturated carbocycles. The fraction of sp³-hybridized carbons (Fsp3) is 0.545. The highest BCUT2D eigenvalue weighted by Gasteiger charge is 2.33. The van der Waals surface area contributed by atoms with Gasteiger partial charge in [-0.2, -0.15) is 0 Å². The summed E-state index contributed by atoms with van der Waals surface area (Å²) in [5.41, 5.74) is 2.15. The number of piperazine rings is 1. The normalized spacial score (nSPS) is 21.6. The molecule has 3 N–H and O–H groups in total. The van der Waals surface area contributed by atoms with E-state index in [1.54, 1.807) is 0 Å². The fourth-order valence-corrected chi connectivity index (χ4v) is 4.65. The molecule has 1 aromatic heterocycles. The van der Waals surface area contributed by atoms with Gasteiger partial charge >= 0.3 is 0 Å². The largest absolute Gasteiger partial charge is 0.361 e. The zero-order chi connectivity index (χ0) is 19.3. The first-order valence-electron chi connectivity index (χ1n) is 10.5. The average Bonchev–Trinajstić information content (AvgIpc) is 3.19. The number of nitrogens with one attached hydrogen (secondary N) is 3. The van der Waals surface area contributed by atoms with Crippen LogP contribution < -0.4 is 10.6 Å². The lowest BCUT2D eigenvalue weighted by atomic mass is 9.88. The molecular formula is C22H30N4O2. The molecule has 0 radical (unpaired) electrons. The van der Waals surface area contributed by atoms with Gasteiger partial charge in [-0.3, -0.25) is 14.5 Å². The van der Waals surface area contributed by atoms with Gasteiger partial charge in [0.2, 0.25) is 11.8 Å². The number of amides is 2. The second kappa shape index (κ2) is 8.78. The van der Waals surface area contributed by atoms with Crippen molar-refractivity contribution in [2.45, 2.75) is 51.1 Å². The number of rotatable bonds is 6. The van der Waals surface area contributed by atoms with Crippen molar-refractivity contribution >= 4 is 22.7 Å². The standard InChI is InChI=1S/C22H30N4O2/c27-21(25-14-17-7-4-8-19-18(17)9-10-23-19)13-20-22(28)24-11-12-26(20)15-16-5-2-1-3-6-16/h4,7-10,16,20,23H,1-3,5-6,11-15H2,(H,24,28)(H,25,27). The Morgan fingerprint density at radius 1 is 1.18 bits per heavy atom. The predicted molar refractivity (Wildman–Crippen MR) is 110 cm³/mol. The topological polar surface area (TPSA) is 77.2 Å². The van der Waals surface area contributed by atoms with Crippen molar-refractivity contribution in [2.75, 3.05) is 19.6 Å². The SMILES string of the molecule is O=C(CC1C(=O)NCCN1CC1CCCCC1)NCc1cccc2[nH]ccc12. The maximum atomic E-state index is 12.6. The van der Waals surface area contributed by atoms with Gasteiger partial charge in [-0.1, -0.05) is 31.4 Å². The molecule has 2 fully saturated rings. The van der Waals surface area contributed by atoms with E-state index in [0.717, 1.165) is 29.6 Å². The molecule has 150 valence electrons. The van der Waals surface area contributed by atoms with Crippen molar-refractivity contribution in [1.29, 1.82) is 0 Å². The third-order valence-electron chi connectivity index (χ3n) is 6.20. The highest BCUT2D eigenvalue weighted by Crippen LogP contribution is 2.26. The van der Waals surface area contributed by atoms with Crippen LogP contribution in [0.2, 0.25) is 0 Å². The summed E-state index contributed by atoms with van der Waals surface area (Å²) in [6.07, 6.45) is 8.54. The van der Waals surface area contributed by atoms with Crippen LogP contribution in [0.3, 0.4) is 0 Å². The number of aromatic amines is 1. The van der Waals surface area contributed by atoms with Crippen LogP contribution in [0.5, 0.6) is 0 Å². The van der Waals surface area contributed by atoms with Crippen LogP contribution in [0, 0.1) is 5.92 Å². The van der Waals surface area contributed by atoms with Crippen molar-refractivity contribution in [3.63, 3.8) is 0 Å². The molecule has 2 amide bonds. The van der Waals surface area contributed by atoms with E-state index >= 15 is 0 Å². The van der Waals surface area contributed by atoms with Gasteiger partial charge in [-0.05, 0) is 36.5 Å². The number of fused-ring (bicyclic) bond motifs is 1. The molecule has 1 unspecified atom stereocenters. The van der Waals surface area contributed by atoms with Crippen LogP contribution in [0.4, 0.5) is 0 Å². The molecule has 1 aliphatic heterocycles. The Bertz CT molecular complexity index is 825. The molecule has 0 bridgehead atoms. The minimum absolute atomic E-state index is 0.00931. The van der Waals surface area contributed by atoms with E-state index in [-0.39, 0.29) is 24.3 Å². The average molecular weight is 383 g/mol. The number of aromatic nitrogens is 1. The highest BCUT2D eigenvalue weighted by molar-refractivity contribution is 5.89. The van der Waals surface area contributed by atoms with Crippen LogP contribution in [0.25, 0.3) is 10.9 Å². The number of nitrogens with zero attached hydrogens (tertiary/aromatic N) is 1. The lowest BCUT2D eigenvalue weighted by molar-refractivity contribution is -0.134. The minimum Gasteiger partial charge on any atom is -0.361 e. The molecule has 2 heterocycles. The summed E-state index contributed by atoms with van der Waals surface area (Å²) in [4.78, 5) is 30.5. The summed E-state index contributed by atoms with van der Waals surface area (Å²) < 4.78 is 0. The summed E-state index contributed by atoms with van der Waals surface area (Å²) in [5.74, 6) is 0.588. The quantitative estimate of drug-likeness (QED) is 0.719. The fourth-order valence-electron chi connectivity index (χ4n) is 4.65. The van der Waals surface area contributed by atoms with Gasteiger partial charge in [0.05, 0.1) is 12.5 Å². The summed E-state index contributed by atoms with van der Waals surface area (Å²) in [7, 11) is 0. The lowest BCUT2D eigenvalue weighted by Crippen LogP contribution is -2.57. The molecule has 6 nitrogen and oxygen atoms in total. The van der Waals surface area contributed by atoms with Crippen molar-refractivity contribution in [1.82, 2.24) is 20.5 Å². The summed E-state index contributed by atoms with van der Waals surface area (Å²) in [5, 5.41) is 7.07. The Morgan fingerprint density at radius 2 is 2.04 bits per heavy atom. The van der Waals surface area contributed by atoms with Gasteiger partial charge in [-0.25, -0.2) is 0 Å². The Labute approximate surface area is 166 Å². The van der Waals surface area contributed by atoms with E-state index in [4.69, 9.17) is 0 Å². The van der Waals surface area contributed by atoms with Gasteiger partial charge in [0.25, 0.3) is 0 Å². The molecule has 4 rings (SSSR count). The Hall–Kier alpha value is -2.34. The molecule has 1 aromatic carbocycles. The highest BCUT2D eigenvalue weighted by atomic mass is 16.2. The predicted octanol–water partition coefficient (Wildman–Crippen LogP) is 2.55. The molecule has 2 aromatic rings. The second-order valence-electron chi connectivity index (χ2n) is 8.14. The molecule has 6 heteroatoms. The Kier molecular flexibility index (Phi) is 5.95. The molecule has 0 spiro atoms. The number of benzene rings is 1. The van der Waals surface area contributed by atoms with Crippen LogP contribution in [0.15, 0.2) is 30.5 Å². The summed E-state index contributed by atoms with van der Waals surface area (Å²) in [6.45, 7) is 2.93. The van der Waals surface area contributed by atoms with Crippen LogP contribution >= 0.6 is 0 Å². The Morgan fingerprint density at radius 3 is 2.89 bits per heavy atom. The van der Waals surface area contributed by atoms with Gasteiger partial charge in [0.1, 0.15) is 0 Å². The number of hydrogen-bond acceptors (Lipinski definition) is 3. The molecule has 28 heavy (non-hydrogen) atoms. The third kappa shape index (κ3) is 4.38. The van der Waals surface area contributed by atoms with E-state index in [2.05, 4.69) is 20.5 Å². The monoisotopic (exact) mass is 382 g/mol. The van der Waals surface area contributed by atoms with Gasteiger partial charge in [0.15, 0.2) is 0 Å². The van der Waals surface area contributed by atoms with E-state index in [1.807, 2.05) is 30.5 Å². The number of hydrogen-bond donors (Lipinski definition) is 3. The van der Waals surface area contributed by atoms with Crippen molar-refractivity contribution in [2.24, 2.45) is 5.92 Å². The maximum absolute atomic E-state index is 12.6. The van der Waals surface area contributed by atoms with Crippen molar-refractivity contribution < 1.29 is 9.59 Å². The second-order valence-corrected chi connectivity index (χ2v) is 8.14. The molecular weight excluding hydrogens is 352 g/mol. The van der Waals surface area contributed by atoms with E-state index in [9.17, 15) is 9.59 Å². The van der Waals surface area contributed by atoms with Gasteiger partial charge in [0, 0.05) is 43.3 Å². The number of carbonyl (C=O) groups excluding carboxylic acids is 2. The summed E-state index contributed by atoms with van der Waals surface area (Å²) in [6, 6.07) is 7.71. The van der Waals surface area contributed by atoms with Crippen molar-refractivity contribution in [3.05, 3.63) is 36.0 Å². The van der Waals surface area contributed by atoms with Gasteiger partial charge in [-0.15, -0.1) is 0 Å². The smallest absolute Gasteiger partial charge is 0.237 e. The number of H-pyrrole nitrogens is 1.